The normalized spacial score (nSPS) is 16.4. The summed E-state index contributed by atoms with van der Waals surface area (Å²) in [5, 5.41) is 4.48. The van der Waals surface area contributed by atoms with Crippen LogP contribution in [0.3, 0.4) is 0 Å². The maximum atomic E-state index is 14.2. The number of fused-ring (bicyclic) bond motifs is 4. The second-order valence-electron chi connectivity index (χ2n) is 25.7. The van der Waals surface area contributed by atoms with E-state index in [4.69, 9.17) is 10.5 Å². The van der Waals surface area contributed by atoms with Gasteiger partial charge in [0.15, 0.2) is 0 Å². The van der Waals surface area contributed by atoms with E-state index in [-0.39, 0.29) is 31.1 Å². The monoisotopic (exact) mass is 1700 g/mol. The first kappa shape index (κ1) is 84.9. The van der Waals surface area contributed by atoms with Gasteiger partial charge in [0.05, 0.1) is 52.4 Å². The molecule has 8 aromatic carbocycles. The van der Waals surface area contributed by atoms with Gasteiger partial charge in [0, 0.05) is 49.8 Å². The molecule has 2 nitrogen and oxygen atoms in total. The summed E-state index contributed by atoms with van der Waals surface area (Å²) in [5.74, 6) is 0. The number of allylic oxidation sites excluding steroid dienone is 4. The second-order valence-corrected chi connectivity index (χ2v) is 28.1. The summed E-state index contributed by atoms with van der Waals surface area (Å²) < 4.78 is 346. The zero-order chi connectivity index (χ0) is 77.0. The third-order valence-corrected chi connectivity index (χ3v) is 20.9. The second kappa shape index (κ2) is 32.6. The van der Waals surface area contributed by atoms with Crippen molar-refractivity contribution in [3.63, 3.8) is 0 Å². The molecule has 0 unspecified atom stereocenters. The minimum absolute atomic E-state index is 0. The van der Waals surface area contributed by atoms with E-state index in [0.29, 0.717) is 0 Å². The Kier molecular flexibility index (Phi) is 26.4. The molecule has 105 heavy (non-hydrogen) atoms. The Morgan fingerprint density at radius 3 is 0.876 bits per heavy atom. The summed E-state index contributed by atoms with van der Waals surface area (Å²) in [4.78, 5) is 0. The van der Waals surface area contributed by atoms with Crippen LogP contribution in [0.1, 0.15) is 139 Å². The summed E-state index contributed by atoms with van der Waals surface area (Å²) >= 11 is 0. The Labute approximate surface area is 604 Å². The van der Waals surface area contributed by atoms with Crippen molar-refractivity contribution in [2.24, 2.45) is 5.73 Å². The number of hydrogen-bond acceptors (Lipinski definition) is 2. The molecule has 8 aromatic rings. The number of alkyl halides is 24. The van der Waals surface area contributed by atoms with Gasteiger partial charge < -0.3 is 10.5 Å². The summed E-state index contributed by atoms with van der Waals surface area (Å²) in [6.45, 7) is 10.00. The molecule has 0 amide bonds. The molecule has 0 saturated carbocycles. The molecule has 0 heterocycles. The van der Waals surface area contributed by atoms with E-state index in [1.165, 1.54) is 65.8 Å². The van der Waals surface area contributed by atoms with Crippen LogP contribution in [0.25, 0.3) is 0 Å². The molecular weight excluding hydrogens is 1630 g/mol. The van der Waals surface area contributed by atoms with Gasteiger partial charge in [-0.05, 0) is 156 Å². The van der Waals surface area contributed by atoms with Crippen molar-refractivity contribution in [3.05, 3.63) is 266 Å². The van der Waals surface area contributed by atoms with Crippen LogP contribution >= 0.6 is 7.92 Å². The molecular formula is C76H67BF24IrNOP. The fourth-order valence-corrected chi connectivity index (χ4v) is 16.7. The van der Waals surface area contributed by atoms with E-state index in [2.05, 4.69) is 135 Å². The van der Waals surface area contributed by atoms with Crippen LogP contribution in [-0.4, -0.2) is 19.4 Å². The standard InChI is InChI=1S/C32H12BF24.C32H32NP.C8H12.C4H10O.Ir/c34-25(35,36)13-1-14(26(37,38)39)6-21(5-13)33(22-7-15(27(40,41)42)2-16(8-22)28(43,44)45,23-9-17(29(46,47)48)3-18(10-23)30(49,50)51)24-11-19(31(52,53)54)4-20(12-24)32(55,56)57;1-31(2,33)27-17-9-11-23-19-21-32(29(23)27)22-20-24-12-10-18-28(30(24)32)34(25-13-5-3-6-14-25)26-15-7-4-8-16-26;1-2-4-6-8-7-5-3-1;1-3-5-4-2;/h1-12H;3-18H,19-22,33H2,1-2H3;1-2,7-8H,3-6H2;3-4H2,1-2H3;/q-1;;;;/p+1/b;;2-1-,8-7-;;/t;32-;;;/m.1.../s1. The first-order valence-corrected chi connectivity index (χ1v) is 33.9. The Morgan fingerprint density at radius 2 is 0.629 bits per heavy atom. The Morgan fingerprint density at radius 1 is 0.362 bits per heavy atom. The van der Waals surface area contributed by atoms with E-state index in [9.17, 15) is 105 Å². The molecule has 1 radical (unpaired) electrons. The predicted molar refractivity (Wildman–Crippen MR) is 357 cm³/mol. The van der Waals surface area contributed by atoms with E-state index < -0.39 is 203 Å². The van der Waals surface area contributed by atoms with E-state index >= 15 is 0 Å². The zero-order valence-electron chi connectivity index (χ0n) is 56.0. The summed E-state index contributed by atoms with van der Waals surface area (Å²) in [5.41, 5.74) is -16.2. The number of rotatable bonds is 10. The molecule has 3 aliphatic carbocycles. The largest absolute Gasteiger partial charge is 0.416 e. The van der Waals surface area contributed by atoms with Gasteiger partial charge in [0.1, 0.15) is 22.1 Å². The van der Waals surface area contributed by atoms with Gasteiger partial charge in [0.2, 0.25) is 0 Å². The van der Waals surface area contributed by atoms with Gasteiger partial charge in [-0.15, -0.1) is 0 Å². The van der Waals surface area contributed by atoms with Crippen molar-refractivity contribution in [2.45, 2.75) is 139 Å². The molecule has 1 spiro atoms. The first-order chi connectivity index (χ1) is 48.2. The summed E-state index contributed by atoms with van der Waals surface area (Å²) in [7, 11) is -1.14. The quantitative estimate of drug-likeness (QED) is 0.0641. The number of hydrogen-bond donors (Lipinski definition) is 1. The van der Waals surface area contributed by atoms with Gasteiger partial charge in [-0.3, -0.25) is 0 Å². The summed E-state index contributed by atoms with van der Waals surface area (Å²) in [6.07, 6.45) is -36.1. The van der Waals surface area contributed by atoms with Crippen LogP contribution in [-0.2, 0) is 98.0 Å². The smallest absolute Gasteiger partial charge is 0.382 e. The molecule has 2 N–H and O–H groups in total. The van der Waals surface area contributed by atoms with Crippen LogP contribution < -0.4 is 43.5 Å². The number of aryl methyl sites for hydroxylation is 2. The van der Waals surface area contributed by atoms with Gasteiger partial charge in [-0.2, -0.15) is 127 Å². The molecule has 1 atom stereocenters. The fourth-order valence-electron chi connectivity index (χ4n) is 13.8. The molecule has 0 aromatic heterocycles. The molecule has 567 valence electrons. The Hall–Kier alpha value is -7.38. The molecule has 29 heteroatoms. The summed E-state index contributed by atoms with van der Waals surface area (Å²) in [6, 6.07) is 27.5. The first-order valence-electron chi connectivity index (χ1n) is 32.4. The third-order valence-electron chi connectivity index (χ3n) is 18.2. The van der Waals surface area contributed by atoms with Crippen molar-refractivity contribution in [2.75, 3.05) is 13.2 Å². The van der Waals surface area contributed by atoms with Crippen molar-refractivity contribution >= 4 is 51.8 Å². The van der Waals surface area contributed by atoms with Crippen LogP contribution in [0, 0.1) is 0 Å². The van der Waals surface area contributed by atoms with Crippen molar-refractivity contribution in [3.8, 4) is 0 Å². The van der Waals surface area contributed by atoms with Gasteiger partial charge >= 0.3 is 49.4 Å². The number of halogens is 24. The fraction of sp³-hybridized carbons (Fsp3) is 0.316. The third kappa shape index (κ3) is 19.9. The minimum atomic E-state index is -6.13. The van der Waals surface area contributed by atoms with E-state index in [1.807, 2.05) is 13.8 Å². The van der Waals surface area contributed by atoms with Gasteiger partial charge in [-0.25, -0.2) is 0 Å². The van der Waals surface area contributed by atoms with Crippen molar-refractivity contribution in [1.82, 2.24) is 0 Å². The molecule has 0 fully saturated rings. The van der Waals surface area contributed by atoms with Crippen molar-refractivity contribution < 1.29 is 130 Å². The number of ether oxygens (including phenoxy) is 1. The molecule has 0 aliphatic heterocycles. The number of nitrogens with two attached hydrogens (primary N) is 1. The van der Waals surface area contributed by atoms with Gasteiger partial charge in [-0.1, -0.05) is 140 Å². The zero-order valence-corrected chi connectivity index (χ0v) is 59.4. The molecule has 0 bridgehead atoms. The van der Waals surface area contributed by atoms with Crippen LogP contribution in [0.2, 0.25) is 0 Å². The van der Waals surface area contributed by atoms with Crippen LogP contribution in [0.4, 0.5) is 105 Å². The molecule has 0 saturated heterocycles. The SMILES string of the molecule is C1=C\CC/C=C\CC/1.CC(C)(N)c1cccc2c1[C@]1(CCc3cccc([PH+](c4ccccc4)c4ccccc4)c31)CC2.CCOCC.FC(F)(F)c1cc([B-](c2cc(C(F)(F)F)cc(C(F)(F)F)c2)(c2cc(C(F)(F)F)cc(C(F)(F)F)c2)c2cc(C(F)(F)F)cc(C(F)(F)F)c2)cc(C(F)(F)F)c1.[Ir]. The Balaban J connectivity index is 0.000000267. The van der Waals surface area contributed by atoms with E-state index in [0.717, 1.165) is 26.1 Å². The van der Waals surface area contributed by atoms with E-state index in [1.54, 1.807) is 16.4 Å². The Bertz CT molecular complexity index is 3830. The van der Waals surface area contributed by atoms with Crippen LogP contribution in [0.5, 0.6) is 0 Å². The predicted octanol–water partition coefficient (Wildman–Crippen LogP) is 20.5. The minimum Gasteiger partial charge on any atom is -0.382 e. The molecule has 3 aliphatic rings. The van der Waals surface area contributed by atoms with Gasteiger partial charge in [0.25, 0.3) is 0 Å². The van der Waals surface area contributed by atoms with Crippen LogP contribution in [0.15, 0.2) is 194 Å². The average molecular weight is 1700 g/mol. The topological polar surface area (TPSA) is 35.2 Å². The average Bonchev–Trinajstić information content (AvgIpc) is 1.57. The molecule has 11 rings (SSSR count). The number of benzene rings is 8. The van der Waals surface area contributed by atoms with Crippen molar-refractivity contribution in [1.29, 1.82) is 0 Å². The maximum absolute atomic E-state index is 14.2. The maximum Gasteiger partial charge on any atom is 0.416 e.